The first-order valence-electron chi connectivity index (χ1n) is 12.6. The number of rotatable bonds is 10. The largest absolute Gasteiger partial charge is 0.494 e. The molecule has 1 aliphatic rings. The lowest BCUT2D eigenvalue weighted by atomic mass is 9.99. The van der Waals surface area contributed by atoms with Gasteiger partial charge in [0.2, 0.25) is 15.9 Å². The van der Waals surface area contributed by atoms with E-state index in [2.05, 4.69) is 15.6 Å². The first-order valence-corrected chi connectivity index (χ1v) is 14.4. The zero-order chi connectivity index (χ0) is 26.4. The van der Waals surface area contributed by atoms with Crippen LogP contribution in [-0.4, -0.2) is 56.4 Å². The lowest BCUT2D eigenvalue weighted by Crippen LogP contribution is -2.45. The minimum absolute atomic E-state index is 0.105. The molecule has 4 rings (SSSR count). The van der Waals surface area contributed by atoms with Crippen molar-refractivity contribution in [2.24, 2.45) is 5.92 Å². The maximum atomic E-state index is 13.3. The third-order valence-electron chi connectivity index (χ3n) is 6.51. The molecule has 1 atom stereocenters. The van der Waals surface area contributed by atoms with Crippen molar-refractivity contribution in [2.45, 2.75) is 38.0 Å². The molecule has 0 spiro atoms. The number of anilines is 1. The standard InChI is InChI=1S/C27H33ClN4O4S/c1-3-36-26-10-8-22(16-19(26)2)37(34,35)32-15-4-6-20(18-32)27(33)31-13-5-12-29-24-11-14-30-25-17-21(28)7-9-23(24)25/h7-11,14,16-17,20H,3-6,12-13,15,18H2,1-2H3,(H,29,30)(H,31,33). The molecule has 2 N–H and O–H groups in total. The van der Waals surface area contributed by atoms with Crippen molar-refractivity contribution in [3.8, 4) is 5.75 Å². The summed E-state index contributed by atoms with van der Waals surface area (Å²) in [5.41, 5.74) is 2.56. The maximum absolute atomic E-state index is 13.3. The number of hydrogen-bond donors (Lipinski definition) is 2. The van der Waals surface area contributed by atoms with Crippen LogP contribution >= 0.6 is 11.6 Å². The molecule has 1 amide bonds. The number of carbonyl (C=O) groups excluding carboxylic acids is 1. The summed E-state index contributed by atoms with van der Waals surface area (Å²) < 4.78 is 33.5. The average molecular weight is 545 g/mol. The van der Waals surface area contributed by atoms with Gasteiger partial charge in [-0.25, -0.2) is 8.42 Å². The highest BCUT2D eigenvalue weighted by Crippen LogP contribution is 2.28. The minimum Gasteiger partial charge on any atom is -0.494 e. The molecular weight excluding hydrogens is 512 g/mol. The van der Waals surface area contributed by atoms with Crippen molar-refractivity contribution in [2.75, 3.05) is 38.1 Å². The number of ether oxygens (including phenoxy) is 1. The molecule has 37 heavy (non-hydrogen) atoms. The van der Waals surface area contributed by atoms with E-state index in [0.29, 0.717) is 49.9 Å². The number of carbonyl (C=O) groups is 1. The second kappa shape index (κ2) is 12.1. The number of halogens is 1. The fraction of sp³-hybridized carbons (Fsp3) is 0.407. The van der Waals surface area contributed by atoms with Crippen LogP contribution in [0.5, 0.6) is 5.75 Å². The van der Waals surface area contributed by atoms with E-state index in [-0.39, 0.29) is 23.3 Å². The number of fused-ring (bicyclic) bond motifs is 1. The number of piperidine rings is 1. The molecule has 10 heteroatoms. The third-order valence-corrected chi connectivity index (χ3v) is 8.61. The number of aromatic nitrogens is 1. The van der Waals surface area contributed by atoms with Crippen molar-refractivity contribution < 1.29 is 17.9 Å². The zero-order valence-corrected chi connectivity index (χ0v) is 22.7. The molecule has 0 radical (unpaired) electrons. The van der Waals surface area contributed by atoms with E-state index in [0.717, 1.165) is 28.6 Å². The molecule has 1 aliphatic heterocycles. The Balaban J connectivity index is 1.28. The fourth-order valence-electron chi connectivity index (χ4n) is 4.57. The molecule has 2 aromatic carbocycles. The van der Waals surface area contributed by atoms with Crippen LogP contribution in [0.1, 0.15) is 31.7 Å². The van der Waals surface area contributed by atoms with Crippen LogP contribution in [0.25, 0.3) is 10.9 Å². The molecule has 198 valence electrons. The Morgan fingerprint density at radius 3 is 2.81 bits per heavy atom. The van der Waals surface area contributed by atoms with Crippen molar-refractivity contribution >= 4 is 44.1 Å². The summed E-state index contributed by atoms with van der Waals surface area (Å²) in [6.45, 7) is 6.00. The van der Waals surface area contributed by atoms with Gasteiger partial charge >= 0.3 is 0 Å². The number of amides is 1. The molecule has 1 aromatic heterocycles. The highest BCUT2D eigenvalue weighted by Gasteiger charge is 2.33. The number of aryl methyl sites for hydroxylation is 1. The molecule has 1 fully saturated rings. The van der Waals surface area contributed by atoms with Crippen molar-refractivity contribution in [3.63, 3.8) is 0 Å². The van der Waals surface area contributed by atoms with Gasteiger partial charge in [-0.1, -0.05) is 11.6 Å². The molecule has 0 bridgehead atoms. The fourth-order valence-corrected chi connectivity index (χ4v) is 6.34. The Morgan fingerprint density at radius 2 is 2.03 bits per heavy atom. The molecule has 8 nitrogen and oxygen atoms in total. The van der Waals surface area contributed by atoms with Crippen LogP contribution in [-0.2, 0) is 14.8 Å². The number of sulfonamides is 1. The Hall–Kier alpha value is -2.88. The van der Waals surface area contributed by atoms with Crippen LogP contribution < -0.4 is 15.4 Å². The summed E-state index contributed by atoms with van der Waals surface area (Å²) in [6.07, 6.45) is 3.78. The Kier molecular flexibility index (Phi) is 8.89. The van der Waals surface area contributed by atoms with Gasteiger partial charge in [-0.15, -0.1) is 0 Å². The summed E-state index contributed by atoms with van der Waals surface area (Å²) in [6, 6.07) is 12.4. The SMILES string of the molecule is CCOc1ccc(S(=O)(=O)N2CCCC(C(=O)NCCCNc3ccnc4cc(Cl)ccc34)C2)cc1C. The summed E-state index contributed by atoms with van der Waals surface area (Å²) >= 11 is 6.06. The first-order chi connectivity index (χ1) is 17.8. The van der Waals surface area contributed by atoms with Gasteiger partial charge in [-0.05, 0) is 81.1 Å². The van der Waals surface area contributed by atoms with Crippen molar-refractivity contribution in [1.29, 1.82) is 0 Å². The number of pyridine rings is 1. The van der Waals surface area contributed by atoms with Gasteiger partial charge in [0.05, 0.1) is 22.9 Å². The molecule has 1 saturated heterocycles. The quantitative estimate of drug-likeness (QED) is 0.361. The number of nitrogens with one attached hydrogen (secondary N) is 2. The van der Waals surface area contributed by atoms with Gasteiger partial charge in [0, 0.05) is 48.5 Å². The summed E-state index contributed by atoms with van der Waals surface area (Å²) in [4.78, 5) is 17.4. The molecule has 3 aromatic rings. The monoisotopic (exact) mass is 544 g/mol. The van der Waals surface area contributed by atoms with Crippen LogP contribution in [0.4, 0.5) is 5.69 Å². The smallest absolute Gasteiger partial charge is 0.243 e. The van der Waals surface area contributed by atoms with Crippen molar-refractivity contribution in [1.82, 2.24) is 14.6 Å². The normalized spacial score (nSPS) is 16.5. The first kappa shape index (κ1) is 27.2. The van der Waals surface area contributed by atoms with Gasteiger partial charge in [0.25, 0.3) is 0 Å². The summed E-state index contributed by atoms with van der Waals surface area (Å²) in [5.74, 6) is 0.203. The predicted molar refractivity (Wildman–Crippen MR) is 147 cm³/mol. The Labute approximate surface area is 223 Å². The van der Waals surface area contributed by atoms with Crippen LogP contribution in [0.3, 0.4) is 0 Å². The van der Waals surface area contributed by atoms with E-state index in [1.54, 1.807) is 24.4 Å². The van der Waals surface area contributed by atoms with Crippen LogP contribution in [0.15, 0.2) is 53.6 Å². The highest BCUT2D eigenvalue weighted by atomic mass is 35.5. The lowest BCUT2D eigenvalue weighted by molar-refractivity contribution is -0.126. The predicted octanol–water partition coefficient (Wildman–Crippen LogP) is 4.61. The van der Waals surface area contributed by atoms with Gasteiger partial charge < -0.3 is 15.4 Å². The topological polar surface area (TPSA) is 101 Å². The number of benzene rings is 2. The summed E-state index contributed by atoms with van der Waals surface area (Å²) in [7, 11) is -3.69. The van der Waals surface area contributed by atoms with E-state index in [1.165, 1.54) is 4.31 Å². The molecule has 2 heterocycles. The van der Waals surface area contributed by atoms with E-state index >= 15 is 0 Å². The highest BCUT2D eigenvalue weighted by molar-refractivity contribution is 7.89. The van der Waals surface area contributed by atoms with E-state index in [9.17, 15) is 13.2 Å². The van der Waals surface area contributed by atoms with Crippen LogP contribution in [0, 0.1) is 12.8 Å². The van der Waals surface area contributed by atoms with E-state index < -0.39 is 10.0 Å². The zero-order valence-electron chi connectivity index (χ0n) is 21.2. The molecular formula is C27H33ClN4O4S. The van der Waals surface area contributed by atoms with Gasteiger partial charge in [-0.3, -0.25) is 9.78 Å². The van der Waals surface area contributed by atoms with E-state index in [1.807, 2.05) is 38.1 Å². The molecule has 0 saturated carbocycles. The van der Waals surface area contributed by atoms with E-state index in [4.69, 9.17) is 16.3 Å². The number of hydrogen-bond acceptors (Lipinski definition) is 6. The second-order valence-electron chi connectivity index (χ2n) is 9.15. The number of nitrogens with zero attached hydrogens (tertiary/aromatic N) is 2. The van der Waals surface area contributed by atoms with Crippen molar-refractivity contribution in [3.05, 3.63) is 59.2 Å². The summed E-state index contributed by atoms with van der Waals surface area (Å²) in [5, 5.41) is 8.00. The Bertz CT molecular complexity index is 1370. The minimum atomic E-state index is -3.69. The van der Waals surface area contributed by atoms with Crippen LogP contribution in [0.2, 0.25) is 5.02 Å². The Morgan fingerprint density at radius 1 is 1.19 bits per heavy atom. The maximum Gasteiger partial charge on any atom is 0.243 e. The second-order valence-corrected chi connectivity index (χ2v) is 11.5. The van der Waals surface area contributed by atoms with Gasteiger partial charge in [0.15, 0.2) is 0 Å². The average Bonchev–Trinajstić information content (AvgIpc) is 2.89. The van der Waals surface area contributed by atoms with Gasteiger partial charge in [-0.2, -0.15) is 4.31 Å². The molecule has 1 unspecified atom stereocenters. The van der Waals surface area contributed by atoms with Gasteiger partial charge in [0.1, 0.15) is 5.75 Å². The lowest BCUT2D eigenvalue weighted by Gasteiger charge is -2.31. The third kappa shape index (κ3) is 6.52. The molecule has 0 aliphatic carbocycles.